The van der Waals surface area contributed by atoms with Crippen molar-refractivity contribution in [1.29, 1.82) is 0 Å². The van der Waals surface area contributed by atoms with Crippen LogP contribution in [0.15, 0.2) is 0 Å². The van der Waals surface area contributed by atoms with Crippen LogP contribution >= 0.6 is 0 Å². The number of rotatable bonds is 4. The summed E-state index contributed by atoms with van der Waals surface area (Å²) in [6, 6.07) is 0.0626. The average Bonchev–Trinajstić information content (AvgIpc) is 2.86. The molecule has 0 aromatic carbocycles. The van der Waals surface area contributed by atoms with Crippen molar-refractivity contribution in [3.05, 3.63) is 0 Å². The van der Waals surface area contributed by atoms with Gasteiger partial charge in [-0.15, -0.1) is 0 Å². The smallest absolute Gasteiger partial charge is 0.224 e. The molecule has 3 N–H and O–H groups in total. The van der Waals surface area contributed by atoms with E-state index in [-0.39, 0.29) is 23.4 Å². The van der Waals surface area contributed by atoms with Gasteiger partial charge in [0, 0.05) is 18.1 Å². The van der Waals surface area contributed by atoms with E-state index in [9.17, 15) is 4.79 Å². The van der Waals surface area contributed by atoms with Gasteiger partial charge in [-0.25, -0.2) is 0 Å². The van der Waals surface area contributed by atoms with E-state index < -0.39 is 0 Å². The summed E-state index contributed by atoms with van der Waals surface area (Å²) in [6.07, 6.45) is 9.21. The van der Waals surface area contributed by atoms with Gasteiger partial charge in [-0.2, -0.15) is 0 Å². The summed E-state index contributed by atoms with van der Waals surface area (Å²) < 4.78 is 0. The lowest BCUT2D eigenvalue weighted by molar-refractivity contribution is -0.127. The standard InChI is InChI=1S/C15H29N3O/c1-18(2)15(9-5-6-10-15)11-17-14(19)12-7-3-4-8-13(12)16/h12-13H,3-11,16H2,1-2H3,(H,17,19). The van der Waals surface area contributed by atoms with Gasteiger partial charge < -0.3 is 16.0 Å². The zero-order chi connectivity index (χ0) is 13.9. The molecule has 0 radical (unpaired) electrons. The number of likely N-dealkylation sites (N-methyl/N-ethyl adjacent to an activating group) is 1. The lowest BCUT2D eigenvalue weighted by Crippen LogP contribution is -2.53. The van der Waals surface area contributed by atoms with Gasteiger partial charge in [0.15, 0.2) is 0 Å². The normalized spacial score (nSPS) is 30.5. The topological polar surface area (TPSA) is 58.4 Å². The van der Waals surface area contributed by atoms with Gasteiger partial charge in [0.2, 0.25) is 5.91 Å². The van der Waals surface area contributed by atoms with Crippen LogP contribution < -0.4 is 11.1 Å². The Morgan fingerprint density at radius 3 is 2.42 bits per heavy atom. The fraction of sp³-hybridized carbons (Fsp3) is 0.933. The Bertz CT molecular complexity index is 311. The third kappa shape index (κ3) is 3.29. The first kappa shape index (κ1) is 14.8. The first-order chi connectivity index (χ1) is 9.05. The Kier molecular flexibility index (Phi) is 4.85. The third-order valence-electron chi connectivity index (χ3n) is 5.23. The zero-order valence-electron chi connectivity index (χ0n) is 12.5. The number of nitrogens with zero attached hydrogens (tertiary/aromatic N) is 1. The second-order valence-electron chi connectivity index (χ2n) is 6.60. The highest BCUT2D eigenvalue weighted by molar-refractivity contribution is 5.79. The number of hydrogen-bond acceptors (Lipinski definition) is 3. The molecule has 0 bridgehead atoms. The molecule has 2 fully saturated rings. The van der Waals surface area contributed by atoms with Gasteiger partial charge in [0.05, 0.1) is 5.92 Å². The second kappa shape index (κ2) is 6.23. The number of amides is 1. The Balaban J connectivity index is 1.88. The maximum absolute atomic E-state index is 12.3. The molecule has 2 unspecified atom stereocenters. The molecule has 1 amide bonds. The van der Waals surface area contributed by atoms with E-state index in [1.165, 1.54) is 32.1 Å². The summed E-state index contributed by atoms with van der Waals surface area (Å²) in [5.74, 6) is 0.217. The molecular formula is C15H29N3O. The van der Waals surface area contributed by atoms with Crippen molar-refractivity contribution in [2.75, 3.05) is 20.6 Å². The molecule has 4 nitrogen and oxygen atoms in total. The Hall–Kier alpha value is -0.610. The summed E-state index contributed by atoms with van der Waals surface area (Å²) in [4.78, 5) is 14.6. The highest BCUT2D eigenvalue weighted by Gasteiger charge is 2.37. The molecule has 0 spiro atoms. The number of nitrogens with one attached hydrogen (secondary N) is 1. The van der Waals surface area contributed by atoms with Crippen molar-refractivity contribution in [2.45, 2.75) is 62.9 Å². The van der Waals surface area contributed by atoms with Crippen molar-refractivity contribution in [2.24, 2.45) is 11.7 Å². The lowest BCUT2D eigenvalue weighted by atomic mass is 9.84. The van der Waals surface area contributed by atoms with Crippen molar-refractivity contribution in [1.82, 2.24) is 10.2 Å². The molecule has 2 aliphatic rings. The van der Waals surface area contributed by atoms with Crippen LogP contribution in [0.2, 0.25) is 0 Å². The SMILES string of the molecule is CN(C)C1(CNC(=O)C2CCCCC2N)CCCC1. The summed E-state index contributed by atoms with van der Waals surface area (Å²) in [6.45, 7) is 0.780. The van der Waals surface area contributed by atoms with Gasteiger partial charge in [0.25, 0.3) is 0 Å². The van der Waals surface area contributed by atoms with E-state index in [0.29, 0.717) is 0 Å². The quantitative estimate of drug-likeness (QED) is 0.811. The molecule has 2 saturated carbocycles. The van der Waals surface area contributed by atoms with E-state index in [4.69, 9.17) is 5.73 Å². The minimum absolute atomic E-state index is 0.0364. The van der Waals surface area contributed by atoms with E-state index >= 15 is 0 Å². The summed E-state index contributed by atoms with van der Waals surface area (Å²) >= 11 is 0. The molecule has 0 aliphatic heterocycles. The molecule has 0 heterocycles. The van der Waals surface area contributed by atoms with Crippen LogP contribution in [0.1, 0.15) is 51.4 Å². The highest BCUT2D eigenvalue weighted by Crippen LogP contribution is 2.33. The molecule has 2 aliphatic carbocycles. The monoisotopic (exact) mass is 267 g/mol. The van der Waals surface area contributed by atoms with Gasteiger partial charge in [0.1, 0.15) is 0 Å². The zero-order valence-corrected chi connectivity index (χ0v) is 12.5. The van der Waals surface area contributed by atoms with Crippen molar-refractivity contribution < 1.29 is 4.79 Å². The van der Waals surface area contributed by atoms with Crippen LogP contribution in [-0.4, -0.2) is 43.0 Å². The Morgan fingerprint density at radius 1 is 1.21 bits per heavy atom. The number of carbonyl (C=O) groups excluding carboxylic acids is 1. The molecule has 2 atom stereocenters. The average molecular weight is 267 g/mol. The van der Waals surface area contributed by atoms with E-state index in [1.54, 1.807) is 0 Å². The molecule has 0 aromatic rings. The molecular weight excluding hydrogens is 238 g/mol. The van der Waals surface area contributed by atoms with Crippen LogP contribution in [0.3, 0.4) is 0 Å². The maximum atomic E-state index is 12.3. The largest absolute Gasteiger partial charge is 0.354 e. The van der Waals surface area contributed by atoms with Crippen LogP contribution in [0.5, 0.6) is 0 Å². The highest BCUT2D eigenvalue weighted by atomic mass is 16.1. The summed E-state index contributed by atoms with van der Waals surface area (Å²) in [5.41, 5.74) is 6.26. The number of hydrogen-bond donors (Lipinski definition) is 2. The third-order valence-corrected chi connectivity index (χ3v) is 5.23. The predicted molar refractivity (Wildman–Crippen MR) is 77.8 cm³/mol. The first-order valence-electron chi connectivity index (χ1n) is 7.76. The fourth-order valence-electron chi connectivity index (χ4n) is 3.68. The van der Waals surface area contributed by atoms with Gasteiger partial charge in [-0.3, -0.25) is 4.79 Å². The second-order valence-corrected chi connectivity index (χ2v) is 6.60. The molecule has 4 heteroatoms. The maximum Gasteiger partial charge on any atom is 0.224 e. The minimum Gasteiger partial charge on any atom is -0.354 e. The van der Waals surface area contributed by atoms with E-state index in [0.717, 1.165) is 25.8 Å². The van der Waals surface area contributed by atoms with Crippen LogP contribution in [0, 0.1) is 5.92 Å². The molecule has 110 valence electrons. The predicted octanol–water partition coefficient (Wildman–Crippen LogP) is 1.49. The van der Waals surface area contributed by atoms with Crippen molar-refractivity contribution >= 4 is 5.91 Å². The fourth-order valence-corrected chi connectivity index (χ4v) is 3.68. The van der Waals surface area contributed by atoms with Gasteiger partial charge in [-0.1, -0.05) is 25.7 Å². The van der Waals surface area contributed by atoms with E-state index in [2.05, 4.69) is 24.3 Å². The summed E-state index contributed by atoms with van der Waals surface area (Å²) in [7, 11) is 4.26. The van der Waals surface area contributed by atoms with Crippen molar-refractivity contribution in [3.8, 4) is 0 Å². The molecule has 0 saturated heterocycles. The van der Waals surface area contributed by atoms with Gasteiger partial charge in [-0.05, 0) is 39.8 Å². The minimum atomic E-state index is 0.0364. The number of nitrogens with two attached hydrogens (primary N) is 1. The van der Waals surface area contributed by atoms with E-state index in [1.807, 2.05) is 0 Å². The van der Waals surface area contributed by atoms with Crippen LogP contribution in [0.4, 0.5) is 0 Å². The lowest BCUT2D eigenvalue weighted by Gasteiger charge is -2.37. The Labute approximate surface area is 117 Å². The summed E-state index contributed by atoms with van der Waals surface area (Å²) in [5, 5.41) is 3.19. The molecule has 19 heavy (non-hydrogen) atoms. The van der Waals surface area contributed by atoms with Crippen LogP contribution in [0.25, 0.3) is 0 Å². The number of carbonyl (C=O) groups is 1. The molecule has 2 rings (SSSR count). The van der Waals surface area contributed by atoms with Crippen molar-refractivity contribution in [3.63, 3.8) is 0 Å². The first-order valence-corrected chi connectivity index (χ1v) is 7.76. The van der Waals surface area contributed by atoms with Gasteiger partial charge >= 0.3 is 0 Å². The Morgan fingerprint density at radius 2 is 1.84 bits per heavy atom. The van der Waals surface area contributed by atoms with Crippen LogP contribution in [-0.2, 0) is 4.79 Å². The molecule has 0 aromatic heterocycles.